The highest BCUT2D eigenvalue weighted by atomic mass is 32.2. The van der Waals surface area contributed by atoms with Gasteiger partial charge >= 0.3 is 26.2 Å². The lowest BCUT2D eigenvalue weighted by molar-refractivity contribution is 0.0689. The minimum Gasteiger partial charge on any atom is -0.488 e. The summed E-state index contributed by atoms with van der Waals surface area (Å²) in [5, 5.41) is 9.93. The van der Waals surface area contributed by atoms with Crippen molar-refractivity contribution < 1.29 is 48.6 Å². The first-order valence-corrected chi connectivity index (χ1v) is 14.6. The van der Waals surface area contributed by atoms with Gasteiger partial charge in [-0.15, -0.1) is 0 Å². The fraction of sp³-hybridized carbons (Fsp3) is 0.107. The third-order valence-corrected chi connectivity index (χ3v) is 8.17. The van der Waals surface area contributed by atoms with Gasteiger partial charge in [-0.3, -0.25) is 0 Å². The Morgan fingerprint density at radius 2 is 1.22 bits per heavy atom. The van der Waals surface area contributed by atoms with Crippen LogP contribution in [0.2, 0.25) is 0 Å². The smallest absolute Gasteiger partial charge is 0.343 e. The Labute approximate surface area is 234 Å². The second kappa shape index (κ2) is 11.6. The van der Waals surface area contributed by atoms with Crippen molar-refractivity contribution in [2.24, 2.45) is 0 Å². The average Bonchev–Trinajstić information content (AvgIpc) is 2.89. The van der Waals surface area contributed by atoms with Crippen molar-refractivity contribution in [1.82, 2.24) is 0 Å². The molecule has 1 N–H and O–H groups in total. The predicted octanol–water partition coefficient (Wildman–Crippen LogP) is 5.39. The molecule has 0 fully saturated rings. The van der Waals surface area contributed by atoms with Crippen molar-refractivity contribution >= 4 is 26.2 Å². The van der Waals surface area contributed by atoms with Gasteiger partial charge in [-0.25, -0.2) is 13.6 Å². The molecule has 13 heteroatoms. The van der Waals surface area contributed by atoms with Crippen LogP contribution in [0.4, 0.5) is 8.78 Å². The Balaban J connectivity index is 1.80. The summed E-state index contributed by atoms with van der Waals surface area (Å²) >= 11 is 0. The number of aryl methyl sites for hydroxylation is 2. The maximum atomic E-state index is 13.7. The molecule has 9 nitrogen and oxygen atoms in total. The lowest BCUT2D eigenvalue weighted by Gasteiger charge is -2.16. The van der Waals surface area contributed by atoms with Crippen molar-refractivity contribution in [2.75, 3.05) is 0 Å². The van der Waals surface area contributed by atoms with Crippen LogP contribution in [-0.2, 0) is 26.8 Å². The molecular formula is C28H22F2O9S2. The Bertz CT molecular complexity index is 1820. The zero-order valence-corrected chi connectivity index (χ0v) is 23.1. The fourth-order valence-corrected chi connectivity index (χ4v) is 5.39. The molecule has 0 heterocycles. The van der Waals surface area contributed by atoms with Crippen molar-refractivity contribution in [3.63, 3.8) is 0 Å². The van der Waals surface area contributed by atoms with Gasteiger partial charge in [0.25, 0.3) is 0 Å². The summed E-state index contributed by atoms with van der Waals surface area (Å²) in [7, 11) is -9.09. The first-order chi connectivity index (χ1) is 19.2. The van der Waals surface area contributed by atoms with Crippen LogP contribution in [0.25, 0.3) is 0 Å². The van der Waals surface area contributed by atoms with E-state index < -0.39 is 67.3 Å². The van der Waals surface area contributed by atoms with Crippen LogP contribution >= 0.6 is 0 Å². The van der Waals surface area contributed by atoms with Crippen LogP contribution in [0.1, 0.15) is 27.0 Å². The molecule has 0 aromatic heterocycles. The zero-order valence-electron chi connectivity index (χ0n) is 21.5. The van der Waals surface area contributed by atoms with Crippen LogP contribution in [0.5, 0.6) is 17.2 Å². The normalized spacial score (nSPS) is 11.6. The molecule has 0 aliphatic carbocycles. The Kier molecular flexibility index (Phi) is 8.31. The van der Waals surface area contributed by atoms with Gasteiger partial charge in [0.2, 0.25) is 0 Å². The monoisotopic (exact) mass is 604 g/mol. The Morgan fingerprint density at radius 1 is 0.707 bits per heavy atom. The summed E-state index contributed by atoms with van der Waals surface area (Å²) in [5.41, 5.74) is 0.830. The number of aromatic carboxylic acids is 1. The number of rotatable bonds is 10. The van der Waals surface area contributed by atoms with E-state index in [0.29, 0.717) is 0 Å². The molecule has 4 rings (SSSR count). The van der Waals surface area contributed by atoms with Crippen LogP contribution in [0.3, 0.4) is 0 Å². The summed E-state index contributed by atoms with van der Waals surface area (Å²) < 4.78 is 94.7. The van der Waals surface area contributed by atoms with Gasteiger partial charge in [0.05, 0.1) is 0 Å². The summed E-state index contributed by atoms with van der Waals surface area (Å²) in [6, 6.07) is 15.6. The molecule has 41 heavy (non-hydrogen) atoms. The molecule has 0 saturated heterocycles. The van der Waals surface area contributed by atoms with E-state index >= 15 is 0 Å². The van der Waals surface area contributed by atoms with E-state index in [-0.39, 0.29) is 15.4 Å². The molecule has 4 aromatic carbocycles. The maximum Gasteiger partial charge on any atom is 0.343 e. The maximum absolute atomic E-state index is 13.7. The van der Waals surface area contributed by atoms with E-state index in [4.69, 9.17) is 13.1 Å². The molecule has 0 spiro atoms. The SMILES string of the molecule is Cc1ccc(S(=O)(=O)Oc2cc(OCc3ccc(F)c(F)c3)c(C(=O)O)c(OS(=O)(=O)c3ccc(C)cc3)c2)cc1. The van der Waals surface area contributed by atoms with Gasteiger partial charge in [0.15, 0.2) is 17.4 Å². The van der Waals surface area contributed by atoms with E-state index in [1.807, 2.05) is 0 Å². The molecular weight excluding hydrogens is 582 g/mol. The third kappa shape index (κ3) is 6.99. The number of carboxylic acids is 1. The van der Waals surface area contributed by atoms with Crippen molar-refractivity contribution in [3.05, 3.63) is 113 Å². The molecule has 0 amide bonds. The predicted molar refractivity (Wildman–Crippen MR) is 142 cm³/mol. The second-order valence-electron chi connectivity index (χ2n) is 8.84. The number of ether oxygens (including phenoxy) is 1. The highest BCUT2D eigenvalue weighted by molar-refractivity contribution is 7.87. The average molecular weight is 605 g/mol. The van der Waals surface area contributed by atoms with Crippen molar-refractivity contribution in [2.45, 2.75) is 30.2 Å². The van der Waals surface area contributed by atoms with Gasteiger partial charge < -0.3 is 18.2 Å². The van der Waals surface area contributed by atoms with Crippen molar-refractivity contribution in [3.8, 4) is 17.2 Å². The van der Waals surface area contributed by atoms with Gasteiger partial charge in [-0.1, -0.05) is 41.5 Å². The Hall–Kier alpha value is -4.49. The molecule has 0 radical (unpaired) electrons. The first kappa shape index (κ1) is 29.5. The quantitative estimate of drug-likeness (QED) is 0.236. The summed E-state index contributed by atoms with van der Waals surface area (Å²) in [6.07, 6.45) is 0. The highest BCUT2D eigenvalue weighted by Gasteiger charge is 2.28. The van der Waals surface area contributed by atoms with E-state index in [0.717, 1.165) is 35.4 Å². The van der Waals surface area contributed by atoms with Gasteiger partial charge in [-0.05, 0) is 55.8 Å². The minimum atomic E-state index is -4.61. The molecule has 0 aliphatic heterocycles. The molecule has 214 valence electrons. The molecule has 0 bridgehead atoms. The zero-order chi connectivity index (χ0) is 29.9. The first-order valence-electron chi connectivity index (χ1n) is 11.8. The number of carboxylic acid groups (broad SMARTS) is 1. The topological polar surface area (TPSA) is 133 Å². The lowest BCUT2D eigenvalue weighted by atomic mass is 10.1. The molecule has 0 saturated carbocycles. The standard InChI is InChI=1S/C28H22F2O9S2/c1-17-3-8-21(9-4-17)40(33,34)38-20-14-25(37-16-19-7-12-23(29)24(30)13-19)27(28(31)32)26(15-20)39-41(35,36)22-10-5-18(2)6-11-22/h3-15H,16H2,1-2H3,(H,31,32). The fourth-order valence-electron chi connectivity index (χ4n) is 3.55. The molecule has 0 aliphatic rings. The van der Waals surface area contributed by atoms with Gasteiger partial charge in [0.1, 0.15) is 33.5 Å². The van der Waals surface area contributed by atoms with Crippen LogP contribution in [-0.4, -0.2) is 27.9 Å². The van der Waals surface area contributed by atoms with E-state index in [9.17, 15) is 35.5 Å². The summed E-state index contributed by atoms with van der Waals surface area (Å²) in [6.45, 7) is 2.97. The van der Waals surface area contributed by atoms with E-state index in [1.165, 1.54) is 54.6 Å². The minimum absolute atomic E-state index is 0.0913. The van der Waals surface area contributed by atoms with E-state index in [2.05, 4.69) is 0 Å². The van der Waals surface area contributed by atoms with Gasteiger partial charge in [-0.2, -0.15) is 16.8 Å². The van der Waals surface area contributed by atoms with E-state index in [1.54, 1.807) is 13.8 Å². The number of benzene rings is 4. The molecule has 0 atom stereocenters. The molecule has 0 unspecified atom stereocenters. The highest BCUT2D eigenvalue weighted by Crippen LogP contribution is 2.37. The van der Waals surface area contributed by atoms with Crippen LogP contribution < -0.4 is 13.1 Å². The number of hydrogen-bond acceptors (Lipinski definition) is 8. The number of carbonyl (C=O) groups is 1. The second-order valence-corrected chi connectivity index (χ2v) is 11.9. The van der Waals surface area contributed by atoms with Crippen LogP contribution in [0.15, 0.2) is 88.7 Å². The third-order valence-electron chi connectivity index (χ3n) is 5.66. The van der Waals surface area contributed by atoms with Crippen molar-refractivity contribution in [1.29, 1.82) is 0 Å². The summed E-state index contributed by atoms with van der Waals surface area (Å²) in [5.74, 6) is -5.90. The Morgan fingerprint density at radius 3 is 1.73 bits per heavy atom. The molecule has 4 aromatic rings. The lowest BCUT2D eigenvalue weighted by Crippen LogP contribution is -2.15. The van der Waals surface area contributed by atoms with Crippen LogP contribution in [0, 0.1) is 25.5 Å². The number of halogens is 2. The van der Waals surface area contributed by atoms with Gasteiger partial charge in [0, 0.05) is 12.1 Å². The summed E-state index contributed by atoms with van der Waals surface area (Å²) in [4.78, 5) is 11.7. The largest absolute Gasteiger partial charge is 0.488 e. The number of hydrogen-bond donors (Lipinski definition) is 1.